The number of morpholine rings is 1. The van der Waals surface area contributed by atoms with Crippen LogP contribution in [0.2, 0.25) is 0 Å². The van der Waals surface area contributed by atoms with Gasteiger partial charge in [0, 0.05) is 19.6 Å². The molecular formula is C24H29FN2O5S. The van der Waals surface area contributed by atoms with Crippen molar-refractivity contribution < 1.29 is 27.1 Å². The fraction of sp³-hybridized carbons (Fsp3) is 0.458. The Bertz CT molecular complexity index is 1080. The molecule has 178 valence electrons. The van der Waals surface area contributed by atoms with Gasteiger partial charge in [0.25, 0.3) is 5.91 Å². The van der Waals surface area contributed by atoms with Crippen LogP contribution in [0, 0.1) is 5.82 Å². The Hall–Kier alpha value is -2.49. The Kier molecular flexibility index (Phi) is 7.31. The van der Waals surface area contributed by atoms with E-state index in [1.54, 1.807) is 17.0 Å². The molecule has 33 heavy (non-hydrogen) atoms. The van der Waals surface area contributed by atoms with Gasteiger partial charge in [-0.3, -0.25) is 4.79 Å². The Morgan fingerprint density at radius 2 is 1.73 bits per heavy atom. The molecular weight excluding hydrogens is 447 g/mol. The van der Waals surface area contributed by atoms with E-state index in [-0.39, 0.29) is 28.7 Å². The number of hydrogen-bond acceptors (Lipinski definition) is 5. The minimum atomic E-state index is -3.71. The van der Waals surface area contributed by atoms with Gasteiger partial charge in [-0.1, -0.05) is 25.0 Å². The number of benzene rings is 2. The maximum Gasteiger partial charge on any atom is 0.257 e. The summed E-state index contributed by atoms with van der Waals surface area (Å²) in [6.07, 6.45) is 3.31. The molecule has 0 bridgehead atoms. The molecule has 0 saturated carbocycles. The Morgan fingerprint density at radius 3 is 2.39 bits per heavy atom. The molecule has 2 aliphatic rings. The van der Waals surface area contributed by atoms with Crippen molar-refractivity contribution in [3.05, 3.63) is 59.4 Å². The van der Waals surface area contributed by atoms with E-state index in [2.05, 4.69) is 0 Å². The van der Waals surface area contributed by atoms with Crippen LogP contribution >= 0.6 is 0 Å². The van der Waals surface area contributed by atoms with Gasteiger partial charge in [0.2, 0.25) is 10.0 Å². The summed E-state index contributed by atoms with van der Waals surface area (Å²) < 4.78 is 52.5. The third-order valence-corrected chi connectivity index (χ3v) is 8.09. The minimum Gasteiger partial charge on any atom is -0.496 e. The highest BCUT2D eigenvalue weighted by atomic mass is 32.2. The van der Waals surface area contributed by atoms with E-state index in [1.165, 1.54) is 41.7 Å². The highest BCUT2D eigenvalue weighted by Crippen LogP contribution is 2.29. The molecule has 2 aliphatic heterocycles. The quantitative estimate of drug-likeness (QED) is 0.659. The second-order valence-electron chi connectivity index (χ2n) is 8.34. The van der Waals surface area contributed by atoms with Crippen LogP contribution in [-0.4, -0.2) is 63.4 Å². The lowest BCUT2D eigenvalue weighted by Gasteiger charge is -2.33. The summed E-state index contributed by atoms with van der Waals surface area (Å²) in [5, 5.41) is 0. The summed E-state index contributed by atoms with van der Waals surface area (Å²) in [5.41, 5.74) is 0.978. The zero-order valence-corrected chi connectivity index (χ0v) is 19.5. The van der Waals surface area contributed by atoms with Crippen LogP contribution in [-0.2, 0) is 14.8 Å². The average molecular weight is 477 g/mol. The number of carbonyl (C=O) groups is 1. The Labute approximate surface area is 194 Å². The summed E-state index contributed by atoms with van der Waals surface area (Å²) in [6.45, 7) is 1.93. The lowest BCUT2D eigenvalue weighted by Crippen LogP contribution is -2.42. The van der Waals surface area contributed by atoms with E-state index in [9.17, 15) is 17.6 Å². The second kappa shape index (κ2) is 10.2. The van der Waals surface area contributed by atoms with Gasteiger partial charge in [-0.15, -0.1) is 0 Å². The number of rotatable bonds is 5. The van der Waals surface area contributed by atoms with Gasteiger partial charge in [-0.05, 0) is 48.7 Å². The SMILES string of the molecule is COc1ccc(S(=O)(=O)N2CCCCCC2)cc1C(=O)N1CCOC(c2ccc(F)cc2)C1. The van der Waals surface area contributed by atoms with Crippen LogP contribution in [0.5, 0.6) is 5.75 Å². The number of methoxy groups -OCH3 is 1. The van der Waals surface area contributed by atoms with E-state index >= 15 is 0 Å². The van der Waals surface area contributed by atoms with Crippen molar-refractivity contribution in [2.45, 2.75) is 36.7 Å². The maximum atomic E-state index is 13.4. The molecule has 0 N–H and O–H groups in total. The highest BCUT2D eigenvalue weighted by molar-refractivity contribution is 7.89. The van der Waals surface area contributed by atoms with Crippen molar-refractivity contribution in [1.29, 1.82) is 0 Å². The molecule has 2 aromatic rings. The van der Waals surface area contributed by atoms with Gasteiger partial charge >= 0.3 is 0 Å². The summed E-state index contributed by atoms with van der Waals surface area (Å²) in [5.74, 6) is -0.343. The Morgan fingerprint density at radius 1 is 1.03 bits per heavy atom. The zero-order valence-electron chi connectivity index (χ0n) is 18.7. The first-order valence-corrected chi connectivity index (χ1v) is 12.7. The molecule has 2 fully saturated rings. The van der Waals surface area contributed by atoms with Gasteiger partial charge in [-0.25, -0.2) is 12.8 Å². The number of ether oxygens (including phenoxy) is 2. The summed E-state index contributed by atoms with van der Waals surface area (Å²) in [7, 11) is -2.25. The maximum absolute atomic E-state index is 13.4. The smallest absolute Gasteiger partial charge is 0.257 e. The largest absolute Gasteiger partial charge is 0.496 e. The van der Waals surface area contributed by atoms with Crippen molar-refractivity contribution in [3.63, 3.8) is 0 Å². The molecule has 0 radical (unpaired) electrons. The van der Waals surface area contributed by atoms with Crippen molar-refractivity contribution in [2.24, 2.45) is 0 Å². The molecule has 1 unspecified atom stereocenters. The van der Waals surface area contributed by atoms with Gasteiger partial charge in [0.15, 0.2) is 0 Å². The van der Waals surface area contributed by atoms with Crippen LogP contribution in [0.4, 0.5) is 4.39 Å². The third kappa shape index (κ3) is 5.20. The van der Waals surface area contributed by atoms with E-state index in [0.717, 1.165) is 31.2 Å². The van der Waals surface area contributed by atoms with Crippen LogP contribution in [0.15, 0.2) is 47.4 Å². The molecule has 4 rings (SSSR count). The second-order valence-corrected chi connectivity index (χ2v) is 10.3. The number of amides is 1. The number of sulfonamides is 1. The summed E-state index contributed by atoms with van der Waals surface area (Å²) >= 11 is 0. The lowest BCUT2D eigenvalue weighted by molar-refractivity contribution is -0.0229. The standard InChI is InChI=1S/C24H29FN2O5S/c1-31-22-11-10-20(33(29,30)27-12-4-2-3-5-13-27)16-21(22)24(28)26-14-15-32-23(17-26)18-6-8-19(25)9-7-18/h6-11,16,23H,2-5,12-15,17H2,1H3. The van der Waals surface area contributed by atoms with Crippen molar-refractivity contribution in [1.82, 2.24) is 9.21 Å². The summed E-state index contributed by atoms with van der Waals surface area (Å²) in [6, 6.07) is 10.5. The number of hydrogen-bond donors (Lipinski definition) is 0. The molecule has 0 aromatic heterocycles. The van der Waals surface area contributed by atoms with Crippen LogP contribution in [0.1, 0.15) is 47.7 Å². The van der Waals surface area contributed by atoms with Gasteiger partial charge in [0.05, 0.1) is 30.7 Å². The fourth-order valence-electron chi connectivity index (χ4n) is 4.33. The minimum absolute atomic E-state index is 0.0943. The molecule has 2 saturated heterocycles. The molecule has 7 nitrogen and oxygen atoms in total. The Balaban J connectivity index is 1.59. The molecule has 0 aliphatic carbocycles. The molecule has 0 spiro atoms. The topological polar surface area (TPSA) is 76.2 Å². The van der Waals surface area contributed by atoms with E-state index < -0.39 is 16.1 Å². The fourth-order valence-corrected chi connectivity index (χ4v) is 5.87. The van der Waals surface area contributed by atoms with E-state index in [1.807, 2.05) is 0 Å². The van der Waals surface area contributed by atoms with Gasteiger partial charge < -0.3 is 14.4 Å². The molecule has 2 heterocycles. The molecule has 1 amide bonds. The summed E-state index contributed by atoms with van der Waals surface area (Å²) in [4.78, 5) is 15.2. The average Bonchev–Trinajstić information content (AvgIpc) is 3.14. The first-order chi connectivity index (χ1) is 15.9. The van der Waals surface area contributed by atoms with Crippen LogP contribution < -0.4 is 4.74 Å². The third-order valence-electron chi connectivity index (χ3n) is 6.20. The predicted molar refractivity (Wildman–Crippen MR) is 121 cm³/mol. The monoisotopic (exact) mass is 476 g/mol. The van der Waals surface area contributed by atoms with Gasteiger partial charge in [0.1, 0.15) is 17.7 Å². The zero-order chi connectivity index (χ0) is 23.4. The number of nitrogens with zero attached hydrogens (tertiary/aromatic N) is 2. The van der Waals surface area contributed by atoms with E-state index in [0.29, 0.717) is 32.0 Å². The van der Waals surface area contributed by atoms with E-state index in [4.69, 9.17) is 9.47 Å². The van der Waals surface area contributed by atoms with Crippen molar-refractivity contribution in [3.8, 4) is 5.75 Å². The normalized spacial score (nSPS) is 20.3. The number of carbonyl (C=O) groups excluding carboxylic acids is 1. The van der Waals surface area contributed by atoms with Crippen molar-refractivity contribution in [2.75, 3.05) is 39.9 Å². The first-order valence-electron chi connectivity index (χ1n) is 11.2. The highest BCUT2D eigenvalue weighted by Gasteiger charge is 2.31. The van der Waals surface area contributed by atoms with Crippen LogP contribution in [0.3, 0.4) is 0 Å². The predicted octanol–water partition coefficient (Wildman–Crippen LogP) is 3.61. The van der Waals surface area contributed by atoms with Gasteiger partial charge in [-0.2, -0.15) is 4.31 Å². The first kappa shape index (κ1) is 23.7. The lowest BCUT2D eigenvalue weighted by atomic mass is 10.1. The van der Waals surface area contributed by atoms with Crippen molar-refractivity contribution >= 4 is 15.9 Å². The molecule has 9 heteroatoms. The molecule has 2 aromatic carbocycles. The number of halogens is 1. The van der Waals surface area contributed by atoms with Crippen LogP contribution in [0.25, 0.3) is 0 Å². The molecule has 1 atom stereocenters.